The lowest BCUT2D eigenvalue weighted by Crippen LogP contribution is -2.53. The maximum Gasteiger partial charge on any atom is 0.139 e. The van der Waals surface area contributed by atoms with Crippen LogP contribution in [0.2, 0.25) is 0 Å². The van der Waals surface area contributed by atoms with Gasteiger partial charge in [0.1, 0.15) is 12.1 Å². The number of aliphatic hydroxyl groups is 1. The number of hydrogen-bond donors (Lipinski definition) is 1. The molecular weight excluding hydrogens is 342 g/mol. The molecule has 0 spiro atoms. The van der Waals surface area contributed by atoms with Gasteiger partial charge in [0.2, 0.25) is 0 Å². The highest BCUT2D eigenvalue weighted by Gasteiger charge is 2.33. The molecular formula is C20H27N5O2. The van der Waals surface area contributed by atoms with Crippen LogP contribution in [0.3, 0.4) is 0 Å². The van der Waals surface area contributed by atoms with Gasteiger partial charge in [0, 0.05) is 50.3 Å². The number of aromatic nitrogens is 2. The Morgan fingerprint density at radius 1 is 0.926 bits per heavy atom. The van der Waals surface area contributed by atoms with Crippen molar-refractivity contribution in [3.8, 4) is 0 Å². The van der Waals surface area contributed by atoms with Crippen LogP contribution in [0.4, 0.5) is 11.5 Å². The zero-order valence-electron chi connectivity index (χ0n) is 15.6. The molecule has 0 aliphatic carbocycles. The molecule has 1 aromatic heterocycles. The molecule has 0 bridgehead atoms. The summed E-state index contributed by atoms with van der Waals surface area (Å²) in [6.07, 6.45) is 3.81. The SMILES string of the molecule is OC1COCC1N1CCN(c2ccc3ncnc(N4CCCC4)c3c2)CC1. The number of piperazine rings is 1. The first-order valence-electron chi connectivity index (χ1n) is 10.0. The highest BCUT2D eigenvalue weighted by Crippen LogP contribution is 2.30. The van der Waals surface area contributed by atoms with E-state index in [1.54, 1.807) is 6.33 Å². The maximum atomic E-state index is 10.1. The summed E-state index contributed by atoms with van der Waals surface area (Å²) in [7, 11) is 0. The predicted octanol–water partition coefficient (Wildman–Crippen LogP) is 1.11. The third kappa shape index (κ3) is 3.24. The topological polar surface area (TPSA) is 65.0 Å². The van der Waals surface area contributed by atoms with Gasteiger partial charge in [-0.15, -0.1) is 0 Å². The Morgan fingerprint density at radius 3 is 2.48 bits per heavy atom. The van der Waals surface area contributed by atoms with E-state index >= 15 is 0 Å². The zero-order chi connectivity index (χ0) is 18.2. The average Bonchev–Trinajstić information content (AvgIpc) is 3.39. The van der Waals surface area contributed by atoms with Crippen molar-refractivity contribution in [1.82, 2.24) is 14.9 Å². The molecule has 1 N–H and O–H groups in total. The molecule has 3 fully saturated rings. The number of hydrogen-bond acceptors (Lipinski definition) is 7. The lowest BCUT2D eigenvalue weighted by molar-refractivity contribution is 0.0785. The summed E-state index contributed by atoms with van der Waals surface area (Å²) < 4.78 is 5.42. The van der Waals surface area contributed by atoms with Crippen LogP contribution in [-0.4, -0.2) is 84.6 Å². The van der Waals surface area contributed by atoms with Gasteiger partial charge in [0.15, 0.2) is 0 Å². The van der Waals surface area contributed by atoms with E-state index in [9.17, 15) is 5.11 Å². The molecule has 27 heavy (non-hydrogen) atoms. The molecule has 2 unspecified atom stereocenters. The van der Waals surface area contributed by atoms with Gasteiger partial charge >= 0.3 is 0 Å². The lowest BCUT2D eigenvalue weighted by atomic mass is 10.1. The second-order valence-corrected chi connectivity index (χ2v) is 7.79. The normalized spacial score (nSPS) is 27.0. The Labute approximate surface area is 159 Å². The minimum absolute atomic E-state index is 0.152. The van der Waals surface area contributed by atoms with Crippen molar-refractivity contribution in [2.45, 2.75) is 25.0 Å². The summed E-state index contributed by atoms with van der Waals surface area (Å²) in [5.74, 6) is 1.07. The molecule has 3 saturated heterocycles. The highest BCUT2D eigenvalue weighted by molar-refractivity contribution is 5.92. The minimum Gasteiger partial charge on any atom is -0.389 e. The van der Waals surface area contributed by atoms with E-state index in [-0.39, 0.29) is 12.1 Å². The molecule has 0 saturated carbocycles. The van der Waals surface area contributed by atoms with Gasteiger partial charge in [0.25, 0.3) is 0 Å². The van der Waals surface area contributed by atoms with Crippen molar-refractivity contribution in [1.29, 1.82) is 0 Å². The first-order chi connectivity index (χ1) is 13.3. The molecule has 1 aromatic carbocycles. The van der Waals surface area contributed by atoms with E-state index in [1.165, 1.54) is 18.5 Å². The lowest BCUT2D eigenvalue weighted by Gasteiger charge is -2.39. The van der Waals surface area contributed by atoms with E-state index < -0.39 is 0 Å². The van der Waals surface area contributed by atoms with Gasteiger partial charge < -0.3 is 19.6 Å². The van der Waals surface area contributed by atoms with Gasteiger partial charge in [-0.1, -0.05) is 0 Å². The summed E-state index contributed by atoms with van der Waals surface area (Å²) in [4.78, 5) is 16.2. The molecule has 2 atom stereocenters. The number of rotatable bonds is 3. The number of benzene rings is 1. The first-order valence-corrected chi connectivity index (χ1v) is 10.0. The van der Waals surface area contributed by atoms with Crippen molar-refractivity contribution >= 4 is 22.4 Å². The molecule has 3 aliphatic heterocycles. The monoisotopic (exact) mass is 369 g/mol. The standard InChI is InChI=1S/C20H27N5O2/c26-19-13-27-12-18(19)24-9-7-23(8-10-24)15-3-4-17-16(11-15)20(22-14-21-17)25-5-1-2-6-25/h3-4,11,14,18-19,26H,1-2,5-10,12-13H2. The average molecular weight is 369 g/mol. The highest BCUT2D eigenvalue weighted by atomic mass is 16.5. The van der Waals surface area contributed by atoms with Gasteiger partial charge in [0.05, 0.1) is 30.9 Å². The van der Waals surface area contributed by atoms with Crippen LogP contribution >= 0.6 is 0 Å². The second kappa shape index (κ2) is 7.22. The third-order valence-corrected chi connectivity index (χ3v) is 6.17. The maximum absolute atomic E-state index is 10.1. The molecule has 144 valence electrons. The fourth-order valence-electron chi connectivity index (χ4n) is 4.60. The zero-order valence-corrected chi connectivity index (χ0v) is 15.6. The number of ether oxygens (including phenoxy) is 1. The van der Waals surface area contributed by atoms with Gasteiger partial charge in [-0.05, 0) is 31.0 Å². The second-order valence-electron chi connectivity index (χ2n) is 7.79. The van der Waals surface area contributed by atoms with E-state index in [0.29, 0.717) is 13.2 Å². The Balaban J connectivity index is 1.35. The summed E-state index contributed by atoms with van der Waals surface area (Å²) in [5.41, 5.74) is 2.25. The van der Waals surface area contributed by atoms with Crippen LogP contribution in [0.15, 0.2) is 24.5 Å². The van der Waals surface area contributed by atoms with Crippen LogP contribution < -0.4 is 9.80 Å². The van der Waals surface area contributed by atoms with Gasteiger partial charge in [-0.2, -0.15) is 0 Å². The van der Waals surface area contributed by atoms with Gasteiger partial charge in [-0.3, -0.25) is 4.90 Å². The quantitative estimate of drug-likeness (QED) is 0.869. The molecule has 3 aliphatic rings. The Kier molecular flexibility index (Phi) is 4.59. The molecule has 7 heteroatoms. The predicted molar refractivity (Wildman–Crippen MR) is 105 cm³/mol. The van der Waals surface area contributed by atoms with Crippen molar-refractivity contribution < 1.29 is 9.84 Å². The number of anilines is 2. The molecule has 2 aromatic rings. The Morgan fingerprint density at radius 2 is 1.74 bits per heavy atom. The van der Waals surface area contributed by atoms with Crippen LogP contribution in [0.5, 0.6) is 0 Å². The van der Waals surface area contributed by atoms with Crippen molar-refractivity contribution in [2.75, 3.05) is 62.3 Å². The van der Waals surface area contributed by atoms with Crippen molar-refractivity contribution in [2.24, 2.45) is 0 Å². The van der Waals surface area contributed by atoms with E-state index in [0.717, 1.165) is 56.0 Å². The van der Waals surface area contributed by atoms with Crippen LogP contribution in [-0.2, 0) is 4.74 Å². The molecule has 5 rings (SSSR count). The minimum atomic E-state index is -0.350. The van der Waals surface area contributed by atoms with Crippen LogP contribution in [0, 0.1) is 0 Å². The third-order valence-electron chi connectivity index (χ3n) is 6.17. The Hall–Kier alpha value is -1.96. The number of aliphatic hydroxyl groups excluding tert-OH is 1. The largest absolute Gasteiger partial charge is 0.389 e. The van der Waals surface area contributed by atoms with E-state index in [4.69, 9.17) is 4.74 Å². The van der Waals surface area contributed by atoms with Gasteiger partial charge in [-0.25, -0.2) is 9.97 Å². The summed E-state index contributed by atoms with van der Waals surface area (Å²) in [5, 5.41) is 11.2. The summed E-state index contributed by atoms with van der Waals surface area (Å²) >= 11 is 0. The van der Waals surface area contributed by atoms with Crippen molar-refractivity contribution in [3.05, 3.63) is 24.5 Å². The first kappa shape index (κ1) is 17.2. The smallest absolute Gasteiger partial charge is 0.139 e. The molecule has 7 nitrogen and oxygen atoms in total. The fraction of sp³-hybridized carbons (Fsp3) is 0.600. The van der Waals surface area contributed by atoms with Crippen molar-refractivity contribution in [3.63, 3.8) is 0 Å². The summed E-state index contributed by atoms with van der Waals surface area (Å²) in [6, 6.07) is 6.70. The fourth-order valence-corrected chi connectivity index (χ4v) is 4.60. The van der Waals surface area contributed by atoms with Crippen LogP contribution in [0.25, 0.3) is 10.9 Å². The molecule has 4 heterocycles. The number of fused-ring (bicyclic) bond motifs is 1. The molecule has 0 amide bonds. The number of nitrogens with zero attached hydrogens (tertiary/aromatic N) is 5. The summed E-state index contributed by atoms with van der Waals surface area (Å²) in [6.45, 7) is 7.10. The van der Waals surface area contributed by atoms with E-state index in [1.807, 2.05) is 0 Å². The van der Waals surface area contributed by atoms with Crippen LogP contribution in [0.1, 0.15) is 12.8 Å². The van der Waals surface area contributed by atoms with E-state index in [2.05, 4.69) is 42.9 Å². The Bertz CT molecular complexity index is 802. The molecule has 0 radical (unpaired) electrons.